The third-order valence-electron chi connectivity index (χ3n) is 7.73. The molecular formula is C26H31FN4O7. The number of nitrogens with two attached hydrogens (primary N) is 1. The van der Waals surface area contributed by atoms with Crippen LogP contribution in [0.25, 0.3) is 0 Å². The maximum absolute atomic E-state index is 14.1. The van der Waals surface area contributed by atoms with E-state index in [9.17, 15) is 28.7 Å². The minimum absolute atomic E-state index is 0.0160. The standard InChI is InChI=1S/C26H31FN4O7/c27-19-6-3-4-15-12-30(14-18(15)19)25(36)38-17-10-21-22(32)29-26(24(34)35)11-16(26)5-1-2-8-37-9-7-20(28)23(33)31(21)13-17/h1,3-6,16-17,20-21H,2,7-14,28H2,(H,29,32)(H,34,35)/b5-1-/t16-,17-,20+,21+,26-/m1/s1. The first kappa shape index (κ1) is 26.1. The first-order valence-corrected chi connectivity index (χ1v) is 12.8. The van der Waals surface area contributed by atoms with Crippen LogP contribution >= 0.6 is 0 Å². The number of hydrogen-bond acceptors (Lipinski definition) is 7. The number of benzene rings is 1. The Labute approximate surface area is 218 Å². The molecule has 0 radical (unpaired) electrons. The highest BCUT2D eigenvalue weighted by Crippen LogP contribution is 2.45. The van der Waals surface area contributed by atoms with E-state index in [-0.39, 0.29) is 51.4 Å². The second-order valence-electron chi connectivity index (χ2n) is 10.3. The number of carbonyl (C=O) groups is 4. The lowest BCUT2D eigenvalue weighted by Crippen LogP contribution is -2.55. The number of carbonyl (C=O) groups excluding carboxylic acids is 3. The van der Waals surface area contributed by atoms with E-state index in [0.717, 1.165) is 0 Å². The zero-order valence-electron chi connectivity index (χ0n) is 20.8. The van der Waals surface area contributed by atoms with Crippen LogP contribution in [-0.4, -0.2) is 82.3 Å². The molecule has 3 amide bonds. The number of aliphatic carboxylic acids is 1. The highest BCUT2D eigenvalue weighted by Gasteiger charge is 2.61. The average molecular weight is 531 g/mol. The molecule has 5 rings (SSSR count). The maximum Gasteiger partial charge on any atom is 0.410 e. The van der Waals surface area contributed by atoms with E-state index < -0.39 is 53.4 Å². The third kappa shape index (κ3) is 4.97. The number of carboxylic acids is 1. The van der Waals surface area contributed by atoms with Crippen molar-refractivity contribution in [3.05, 3.63) is 47.3 Å². The zero-order chi connectivity index (χ0) is 27.0. The number of nitrogens with one attached hydrogen (secondary N) is 1. The highest BCUT2D eigenvalue weighted by atomic mass is 19.1. The van der Waals surface area contributed by atoms with Gasteiger partial charge in [0, 0.05) is 31.1 Å². The number of carboxylic acid groups (broad SMARTS) is 1. The molecule has 0 bridgehead atoms. The topological polar surface area (TPSA) is 152 Å². The van der Waals surface area contributed by atoms with Crippen LogP contribution in [0.4, 0.5) is 9.18 Å². The summed E-state index contributed by atoms with van der Waals surface area (Å²) in [6.07, 6.45) is 3.10. The summed E-state index contributed by atoms with van der Waals surface area (Å²) in [7, 11) is 0. The fraction of sp³-hybridized carbons (Fsp3) is 0.538. The van der Waals surface area contributed by atoms with Gasteiger partial charge in [0.25, 0.3) is 0 Å². The van der Waals surface area contributed by atoms with E-state index in [4.69, 9.17) is 15.2 Å². The van der Waals surface area contributed by atoms with Gasteiger partial charge >= 0.3 is 12.1 Å². The van der Waals surface area contributed by atoms with Gasteiger partial charge in [-0.3, -0.25) is 14.5 Å². The summed E-state index contributed by atoms with van der Waals surface area (Å²) in [5.41, 5.74) is 5.78. The summed E-state index contributed by atoms with van der Waals surface area (Å²) in [5.74, 6) is -3.08. The van der Waals surface area contributed by atoms with Crippen molar-refractivity contribution in [1.82, 2.24) is 15.1 Å². The van der Waals surface area contributed by atoms with E-state index in [1.165, 1.54) is 15.9 Å². The molecule has 1 aromatic rings. The van der Waals surface area contributed by atoms with Crippen molar-refractivity contribution < 1.29 is 38.1 Å². The molecule has 4 N–H and O–H groups in total. The Morgan fingerprint density at radius 2 is 2.05 bits per heavy atom. The van der Waals surface area contributed by atoms with Crippen molar-refractivity contribution in [2.24, 2.45) is 11.7 Å². The van der Waals surface area contributed by atoms with Crippen molar-refractivity contribution in [3.63, 3.8) is 0 Å². The third-order valence-corrected chi connectivity index (χ3v) is 7.73. The number of fused-ring (bicyclic) bond motifs is 3. The molecule has 204 valence electrons. The molecule has 3 heterocycles. The Balaban J connectivity index is 1.32. The lowest BCUT2D eigenvalue weighted by molar-refractivity contribution is -0.145. The molecule has 1 saturated carbocycles. The fourth-order valence-corrected chi connectivity index (χ4v) is 5.43. The van der Waals surface area contributed by atoms with Gasteiger partial charge in [0.05, 0.1) is 25.7 Å². The smallest absolute Gasteiger partial charge is 0.410 e. The zero-order valence-corrected chi connectivity index (χ0v) is 20.8. The first-order chi connectivity index (χ1) is 18.2. The predicted molar refractivity (Wildman–Crippen MR) is 130 cm³/mol. The molecule has 0 unspecified atom stereocenters. The van der Waals surface area contributed by atoms with Crippen LogP contribution < -0.4 is 11.1 Å². The van der Waals surface area contributed by atoms with Gasteiger partial charge in [0.15, 0.2) is 0 Å². The monoisotopic (exact) mass is 530 g/mol. The maximum atomic E-state index is 14.1. The van der Waals surface area contributed by atoms with Crippen molar-refractivity contribution in [2.75, 3.05) is 19.8 Å². The molecule has 0 aromatic heterocycles. The molecule has 38 heavy (non-hydrogen) atoms. The molecule has 12 heteroatoms. The van der Waals surface area contributed by atoms with Crippen LogP contribution in [0.3, 0.4) is 0 Å². The molecule has 1 aromatic carbocycles. The molecule has 3 aliphatic heterocycles. The number of hydrogen-bond donors (Lipinski definition) is 3. The molecule has 0 spiro atoms. The lowest BCUT2D eigenvalue weighted by Gasteiger charge is -2.27. The molecule has 11 nitrogen and oxygen atoms in total. The van der Waals surface area contributed by atoms with Gasteiger partial charge in [0.2, 0.25) is 11.8 Å². The van der Waals surface area contributed by atoms with Crippen molar-refractivity contribution >= 4 is 23.9 Å². The average Bonchev–Trinajstić information content (AvgIpc) is 3.21. The van der Waals surface area contributed by atoms with Crippen molar-refractivity contribution in [1.29, 1.82) is 0 Å². The normalized spacial score (nSPS) is 32.3. The molecule has 1 saturated heterocycles. The summed E-state index contributed by atoms with van der Waals surface area (Å²) in [5, 5.41) is 12.5. The summed E-state index contributed by atoms with van der Waals surface area (Å²) < 4.78 is 25.3. The van der Waals surface area contributed by atoms with Crippen molar-refractivity contribution in [3.8, 4) is 0 Å². The molecule has 2 fully saturated rings. The number of ether oxygens (including phenoxy) is 2. The van der Waals surface area contributed by atoms with E-state index in [1.54, 1.807) is 18.2 Å². The summed E-state index contributed by atoms with van der Waals surface area (Å²) in [6, 6.07) is 2.64. The quantitative estimate of drug-likeness (QED) is 0.477. The van der Waals surface area contributed by atoms with Crippen LogP contribution in [0, 0.1) is 11.7 Å². The van der Waals surface area contributed by atoms with Crippen LogP contribution in [0.5, 0.6) is 0 Å². The molecular weight excluding hydrogens is 499 g/mol. The number of amides is 3. The van der Waals surface area contributed by atoms with Gasteiger partial charge in [-0.2, -0.15) is 0 Å². The number of halogens is 1. The van der Waals surface area contributed by atoms with Crippen LogP contribution in [-0.2, 0) is 36.9 Å². The van der Waals surface area contributed by atoms with Gasteiger partial charge < -0.3 is 30.5 Å². The largest absolute Gasteiger partial charge is 0.479 e. The van der Waals surface area contributed by atoms with Gasteiger partial charge in [0.1, 0.15) is 23.5 Å². The number of nitrogens with zero attached hydrogens (tertiary/aromatic N) is 2. The molecule has 5 atom stereocenters. The minimum atomic E-state index is -1.45. The van der Waals surface area contributed by atoms with E-state index in [0.29, 0.717) is 24.2 Å². The molecule has 1 aliphatic carbocycles. The van der Waals surface area contributed by atoms with E-state index in [2.05, 4.69) is 5.32 Å². The summed E-state index contributed by atoms with van der Waals surface area (Å²) >= 11 is 0. The SMILES string of the molecule is N[C@H]1CCOCC/C=C\[C@@H]2C[C@@]2(C(=O)O)NC(=O)[C@@H]2C[C@@H](OC(=O)N3Cc4cccc(F)c4C3)CN2C1=O. The first-order valence-electron chi connectivity index (χ1n) is 12.8. The Morgan fingerprint density at radius 3 is 2.82 bits per heavy atom. The van der Waals surface area contributed by atoms with E-state index in [1.807, 2.05) is 6.08 Å². The van der Waals surface area contributed by atoms with Crippen molar-refractivity contribution in [2.45, 2.75) is 62.5 Å². The van der Waals surface area contributed by atoms with Crippen LogP contribution in [0.1, 0.15) is 36.8 Å². The van der Waals surface area contributed by atoms with Gasteiger partial charge in [-0.25, -0.2) is 14.0 Å². The predicted octanol–water partition coefficient (Wildman–Crippen LogP) is 0.901. The Kier molecular flexibility index (Phi) is 7.10. The second kappa shape index (κ2) is 10.3. The van der Waals surface area contributed by atoms with Gasteiger partial charge in [-0.05, 0) is 30.9 Å². The Hall–Kier alpha value is -3.51. The minimum Gasteiger partial charge on any atom is -0.479 e. The van der Waals surface area contributed by atoms with Gasteiger partial charge in [-0.15, -0.1) is 0 Å². The summed E-state index contributed by atoms with van der Waals surface area (Å²) in [4.78, 5) is 54.2. The van der Waals surface area contributed by atoms with Crippen LogP contribution in [0.2, 0.25) is 0 Å². The number of rotatable bonds is 2. The fourth-order valence-electron chi connectivity index (χ4n) is 5.43. The Morgan fingerprint density at radius 1 is 1.24 bits per heavy atom. The Bertz CT molecular complexity index is 1180. The molecule has 4 aliphatic rings. The van der Waals surface area contributed by atoms with Crippen LogP contribution in [0.15, 0.2) is 30.4 Å². The summed E-state index contributed by atoms with van der Waals surface area (Å²) in [6.45, 7) is 0.812. The highest BCUT2D eigenvalue weighted by molar-refractivity contribution is 5.95. The lowest BCUT2D eigenvalue weighted by atomic mass is 10.1. The van der Waals surface area contributed by atoms with E-state index >= 15 is 0 Å². The van der Waals surface area contributed by atoms with Gasteiger partial charge in [-0.1, -0.05) is 24.3 Å². The second-order valence-corrected chi connectivity index (χ2v) is 10.3.